The second kappa shape index (κ2) is 7.26. The normalized spacial score (nSPS) is 15.2. The largest absolute Gasteiger partial charge is 0.496 e. The van der Waals surface area contributed by atoms with Crippen LogP contribution in [0.5, 0.6) is 11.5 Å². The summed E-state index contributed by atoms with van der Waals surface area (Å²) in [6, 6.07) is 10.4. The monoisotopic (exact) mass is 380 g/mol. The Labute approximate surface area is 162 Å². The quantitative estimate of drug-likeness (QED) is 0.877. The van der Waals surface area contributed by atoms with Gasteiger partial charge in [0.2, 0.25) is 0 Å². The van der Waals surface area contributed by atoms with Crippen molar-refractivity contribution in [2.45, 2.75) is 6.42 Å². The predicted octanol–water partition coefficient (Wildman–Crippen LogP) is 3.28. The molecule has 7 heteroatoms. The summed E-state index contributed by atoms with van der Waals surface area (Å²) in [7, 11) is 1.45. The van der Waals surface area contributed by atoms with Crippen molar-refractivity contribution in [2.24, 2.45) is 0 Å². The molecule has 0 saturated carbocycles. The molecule has 144 valence electrons. The van der Waals surface area contributed by atoms with Gasteiger partial charge in [0, 0.05) is 30.1 Å². The number of rotatable bonds is 4. The Morgan fingerprint density at radius 3 is 2.71 bits per heavy atom. The Bertz CT molecular complexity index is 969. The van der Waals surface area contributed by atoms with Gasteiger partial charge >= 0.3 is 5.97 Å². The van der Waals surface area contributed by atoms with Gasteiger partial charge in [-0.3, -0.25) is 4.79 Å². The molecule has 4 rings (SSSR count). The van der Waals surface area contributed by atoms with Crippen molar-refractivity contribution in [3.63, 3.8) is 0 Å². The van der Waals surface area contributed by atoms with Gasteiger partial charge in [-0.05, 0) is 36.8 Å². The number of carbonyl (C=O) groups excluding carboxylic acids is 1. The van der Waals surface area contributed by atoms with Crippen LogP contribution in [0.1, 0.15) is 27.1 Å². The Morgan fingerprint density at radius 2 is 2.00 bits per heavy atom. The number of carboxylic acids is 1. The minimum atomic E-state index is -1.04. The first-order valence-electron chi connectivity index (χ1n) is 9.02. The van der Waals surface area contributed by atoms with Crippen LogP contribution in [0.25, 0.3) is 0 Å². The molecular formula is C21H20N2O5. The molecule has 0 saturated heterocycles. The van der Waals surface area contributed by atoms with E-state index < -0.39 is 5.97 Å². The summed E-state index contributed by atoms with van der Waals surface area (Å²) in [4.78, 5) is 27.6. The van der Waals surface area contributed by atoms with Crippen molar-refractivity contribution < 1.29 is 24.2 Å². The van der Waals surface area contributed by atoms with E-state index in [2.05, 4.69) is 0 Å². The lowest BCUT2D eigenvalue weighted by atomic mass is 10.1. The minimum absolute atomic E-state index is 0.0512. The second-order valence-electron chi connectivity index (χ2n) is 6.54. The Hall–Kier alpha value is -3.48. The maximum atomic E-state index is 12.6. The molecule has 2 aliphatic rings. The molecule has 1 N–H and O–H groups in total. The standard InChI is InChI=1S/C21H20N2O5/c1-27-18-13-15(5-6-16(18)21(25)26)23-10-11-28-19-12-14(4-7-17(19)23)20(24)22-8-2-3-9-22/h2,4-8,12-13H,3,9-11H2,1H3,(H,25,26). The average molecular weight is 380 g/mol. The molecule has 0 spiro atoms. The first-order valence-corrected chi connectivity index (χ1v) is 9.02. The van der Waals surface area contributed by atoms with Crippen molar-refractivity contribution in [2.75, 3.05) is 31.7 Å². The Balaban J connectivity index is 1.67. The van der Waals surface area contributed by atoms with Crippen LogP contribution in [0.3, 0.4) is 0 Å². The number of carboxylic acid groups (broad SMARTS) is 1. The molecule has 2 heterocycles. The second-order valence-corrected chi connectivity index (χ2v) is 6.54. The topological polar surface area (TPSA) is 79.3 Å². The van der Waals surface area contributed by atoms with Crippen LogP contribution in [-0.4, -0.2) is 48.7 Å². The summed E-state index contributed by atoms with van der Waals surface area (Å²) < 4.78 is 11.0. The molecule has 1 amide bonds. The number of fused-ring (bicyclic) bond motifs is 1. The molecule has 7 nitrogen and oxygen atoms in total. The molecule has 0 bridgehead atoms. The van der Waals surface area contributed by atoms with Crippen LogP contribution in [0, 0.1) is 0 Å². The third kappa shape index (κ3) is 3.15. The number of hydrogen-bond acceptors (Lipinski definition) is 5. The van der Waals surface area contributed by atoms with Gasteiger partial charge in [0.15, 0.2) is 0 Å². The summed E-state index contributed by atoms with van der Waals surface area (Å²) in [6.07, 6.45) is 4.66. The lowest BCUT2D eigenvalue weighted by molar-refractivity contribution is 0.0692. The van der Waals surface area contributed by atoms with Gasteiger partial charge in [-0.1, -0.05) is 6.08 Å². The van der Waals surface area contributed by atoms with E-state index in [4.69, 9.17) is 9.47 Å². The maximum Gasteiger partial charge on any atom is 0.339 e. The van der Waals surface area contributed by atoms with Crippen LogP contribution >= 0.6 is 0 Å². The van der Waals surface area contributed by atoms with Gasteiger partial charge in [0.05, 0.1) is 19.3 Å². The van der Waals surface area contributed by atoms with Gasteiger partial charge in [-0.15, -0.1) is 0 Å². The van der Waals surface area contributed by atoms with Gasteiger partial charge in [-0.2, -0.15) is 0 Å². The minimum Gasteiger partial charge on any atom is -0.496 e. The summed E-state index contributed by atoms with van der Waals surface area (Å²) in [5.74, 6) is -0.165. The van der Waals surface area contributed by atoms with E-state index in [1.165, 1.54) is 13.2 Å². The number of aromatic carboxylic acids is 1. The van der Waals surface area contributed by atoms with E-state index in [1.807, 2.05) is 23.2 Å². The summed E-state index contributed by atoms with van der Waals surface area (Å²) in [6.45, 7) is 1.75. The molecule has 2 aromatic carbocycles. The first-order chi connectivity index (χ1) is 13.6. The number of carbonyl (C=O) groups is 2. The number of ether oxygens (including phenoxy) is 2. The van der Waals surface area contributed by atoms with Crippen molar-refractivity contribution in [3.05, 3.63) is 59.8 Å². The molecule has 2 aliphatic heterocycles. The third-order valence-corrected chi connectivity index (χ3v) is 4.88. The smallest absolute Gasteiger partial charge is 0.339 e. The maximum absolute atomic E-state index is 12.6. The molecule has 0 aliphatic carbocycles. The van der Waals surface area contributed by atoms with Crippen LogP contribution < -0.4 is 14.4 Å². The molecule has 0 atom stereocenters. The van der Waals surface area contributed by atoms with E-state index in [-0.39, 0.29) is 11.5 Å². The van der Waals surface area contributed by atoms with Crippen LogP contribution in [0.2, 0.25) is 0 Å². The van der Waals surface area contributed by atoms with Crippen molar-refractivity contribution in [1.29, 1.82) is 0 Å². The zero-order valence-corrected chi connectivity index (χ0v) is 15.4. The molecular weight excluding hydrogens is 360 g/mol. The average Bonchev–Trinajstić information content (AvgIpc) is 3.26. The van der Waals surface area contributed by atoms with E-state index in [9.17, 15) is 14.7 Å². The number of benzene rings is 2. The lowest BCUT2D eigenvalue weighted by Gasteiger charge is -2.32. The highest BCUT2D eigenvalue weighted by Gasteiger charge is 2.24. The van der Waals surface area contributed by atoms with Gasteiger partial charge in [-0.25, -0.2) is 4.79 Å². The predicted molar refractivity (Wildman–Crippen MR) is 104 cm³/mol. The van der Waals surface area contributed by atoms with Crippen LogP contribution in [0.4, 0.5) is 11.4 Å². The summed E-state index contributed by atoms with van der Waals surface area (Å²) in [5.41, 5.74) is 2.31. The van der Waals surface area contributed by atoms with Crippen molar-refractivity contribution in [1.82, 2.24) is 4.90 Å². The molecule has 0 aromatic heterocycles. The third-order valence-electron chi connectivity index (χ3n) is 4.88. The summed E-state index contributed by atoms with van der Waals surface area (Å²) in [5, 5.41) is 9.27. The van der Waals surface area contributed by atoms with E-state index in [0.29, 0.717) is 36.8 Å². The van der Waals surface area contributed by atoms with E-state index in [0.717, 1.165) is 17.8 Å². The molecule has 0 fully saturated rings. The fraction of sp³-hybridized carbons (Fsp3) is 0.238. The molecule has 2 aromatic rings. The van der Waals surface area contributed by atoms with Gasteiger partial charge < -0.3 is 24.4 Å². The Morgan fingerprint density at radius 1 is 1.14 bits per heavy atom. The number of amides is 1. The zero-order chi connectivity index (χ0) is 19.7. The number of anilines is 2. The van der Waals surface area contributed by atoms with Crippen molar-refractivity contribution in [3.8, 4) is 11.5 Å². The van der Waals surface area contributed by atoms with Crippen LogP contribution in [0.15, 0.2) is 48.7 Å². The lowest BCUT2D eigenvalue weighted by Crippen LogP contribution is -2.29. The molecule has 0 unspecified atom stereocenters. The highest BCUT2D eigenvalue weighted by Crippen LogP contribution is 2.39. The molecule has 28 heavy (non-hydrogen) atoms. The zero-order valence-electron chi connectivity index (χ0n) is 15.4. The number of nitrogens with zero attached hydrogens (tertiary/aromatic N) is 2. The summed E-state index contributed by atoms with van der Waals surface area (Å²) >= 11 is 0. The number of methoxy groups -OCH3 is 1. The fourth-order valence-electron chi connectivity index (χ4n) is 3.47. The first kappa shape index (κ1) is 17.9. The number of hydrogen-bond donors (Lipinski definition) is 1. The Kier molecular flexibility index (Phi) is 4.65. The highest BCUT2D eigenvalue weighted by molar-refractivity contribution is 5.96. The molecule has 0 radical (unpaired) electrons. The van der Waals surface area contributed by atoms with E-state index >= 15 is 0 Å². The SMILES string of the molecule is COc1cc(N2CCOc3cc(C(=O)N4C=CCC4)ccc32)ccc1C(=O)O. The van der Waals surface area contributed by atoms with Gasteiger partial charge in [0.1, 0.15) is 23.7 Å². The fourth-order valence-corrected chi connectivity index (χ4v) is 3.47. The highest BCUT2D eigenvalue weighted by atomic mass is 16.5. The van der Waals surface area contributed by atoms with E-state index in [1.54, 1.807) is 29.2 Å². The van der Waals surface area contributed by atoms with Crippen molar-refractivity contribution >= 4 is 23.3 Å². The van der Waals surface area contributed by atoms with Crippen LogP contribution in [-0.2, 0) is 0 Å². The van der Waals surface area contributed by atoms with Gasteiger partial charge in [0.25, 0.3) is 5.91 Å².